The van der Waals surface area contributed by atoms with Gasteiger partial charge >= 0.3 is 0 Å². The Morgan fingerprint density at radius 1 is 1.00 bits per heavy atom. The lowest BCUT2D eigenvalue weighted by atomic mass is 10.1. The second-order valence-corrected chi connectivity index (χ2v) is 5.08. The van der Waals surface area contributed by atoms with Crippen LogP contribution in [-0.2, 0) is 0 Å². The Labute approximate surface area is 115 Å². The number of pyridine rings is 1. The third-order valence-electron chi connectivity index (χ3n) is 2.66. The topological polar surface area (TPSA) is 28.7 Å². The molecule has 90 valence electrons. The molecular weight excluding hydrogens is 349 g/mol. The maximum Gasteiger partial charge on any atom is 0.126 e. The van der Waals surface area contributed by atoms with Gasteiger partial charge in [-0.2, -0.15) is 0 Å². The lowest BCUT2D eigenvalue weighted by molar-refractivity contribution is 0.584. The number of rotatable bonds is 1. The summed E-state index contributed by atoms with van der Waals surface area (Å²) in [4.78, 5) is 7.36. The van der Waals surface area contributed by atoms with Gasteiger partial charge in [-0.05, 0) is 46.4 Å². The number of benzene rings is 1. The van der Waals surface area contributed by atoms with Gasteiger partial charge in [-0.3, -0.25) is 4.98 Å². The number of hydrogen-bond donors (Lipinski definition) is 1. The molecule has 0 amide bonds. The molecule has 0 fully saturated rings. The van der Waals surface area contributed by atoms with Crippen molar-refractivity contribution >= 4 is 33.6 Å². The standard InChI is InChI=1S/C13H7F2IN2/c14-9-1-7(2-10(15)4-9)8-3-12-13(18-5-8)11(16)6-17-12/h1-6,17H. The molecule has 0 spiro atoms. The Hall–Kier alpha value is -1.50. The first-order chi connectivity index (χ1) is 8.63. The monoisotopic (exact) mass is 356 g/mol. The first-order valence-corrected chi connectivity index (χ1v) is 6.30. The van der Waals surface area contributed by atoms with E-state index in [9.17, 15) is 8.78 Å². The molecule has 0 unspecified atom stereocenters. The molecule has 0 saturated heterocycles. The summed E-state index contributed by atoms with van der Waals surface area (Å²) in [6.45, 7) is 0. The highest BCUT2D eigenvalue weighted by atomic mass is 127. The Bertz CT molecular complexity index is 717. The molecule has 2 aromatic heterocycles. The summed E-state index contributed by atoms with van der Waals surface area (Å²) in [5.41, 5.74) is 2.86. The van der Waals surface area contributed by atoms with E-state index in [2.05, 4.69) is 32.6 Å². The maximum absolute atomic E-state index is 13.2. The van der Waals surface area contributed by atoms with Crippen LogP contribution in [-0.4, -0.2) is 9.97 Å². The molecule has 2 nitrogen and oxygen atoms in total. The fourth-order valence-corrected chi connectivity index (χ4v) is 2.44. The second kappa shape index (κ2) is 4.31. The van der Waals surface area contributed by atoms with Crippen LogP contribution in [0.15, 0.2) is 36.7 Å². The van der Waals surface area contributed by atoms with Gasteiger partial charge in [0.15, 0.2) is 0 Å². The molecule has 0 saturated carbocycles. The third-order valence-corrected chi connectivity index (χ3v) is 3.49. The van der Waals surface area contributed by atoms with Crippen LogP contribution in [0.25, 0.3) is 22.2 Å². The van der Waals surface area contributed by atoms with Crippen molar-refractivity contribution in [1.82, 2.24) is 9.97 Å². The molecular formula is C13H7F2IN2. The number of halogens is 3. The zero-order valence-electron chi connectivity index (χ0n) is 9.05. The van der Waals surface area contributed by atoms with Gasteiger partial charge in [0.05, 0.1) is 9.09 Å². The normalized spacial score (nSPS) is 11.1. The summed E-state index contributed by atoms with van der Waals surface area (Å²) in [5, 5.41) is 0. The number of nitrogens with zero attached hydrogens (tertiary/aromatic N) is 1. The average molecular weight is 356 g/mol. The first kappa shape index (κ1) is 11.6. The molecule has 0 aliphatic rings. The summed E-state index contributed by atoms with van der Waals surface area (Å²) in [7, 11) is 0. The van der Waals surface area contributed by atoms with E-state index >= 15 is 0 Å². The van der Waals surface area contributed by atoms with Crippen molar-refractivity contribution in [1.29, 1.82) is 0 Å². The zero-order chi connectivity index (χ0) is 12.7. The Kier molecular flexibility index (Phi) is 2.77. The quantitative estimate of drug-likeness (QED) is 0.653. The number of H-pyrrole nitrogens is 1. The predicted molar refractivity (Wildman–Crippen MR) is 74.2 cm³/mol. The Morgan fingerprint density at radius 2 is 1.72 bits per heavy atom. The number of aromatic amines is 1. The van der Waals surface area contributed by atoms with Gasteiger partial charge in [-0.25, -0.2) is 8.78 Å². The van der Waals surface area contributed by atoms with Crippen LogP contribution < -0.4 is 0 Å². The zero-order valence-corrected chi connectivity index (χ0v) is 11.2. The smallest absolute Gasteiger partial charge is 0.126 e. The Morgan fingerprint density at radius 3 is 2.44 bits per heavy atom. The molecule has 0 aliphatic carbocycles. The minimum Gasteiger partial charge on any atom is -0.359 e. The molecule has 0 radical (unpaired) electrons. The van der Waals surface area contributed by atoms with Crippen LogP contribution in [0.3, 0.4) is 0 Å². The summed E-state index contributed by atoms with van der Waals surface area (Å²) in [6, 6.07) is 5.27. The number of hydrogen-bond acceptors (Lipinski definition) is 1. The van der Waals surface area contributed by atoms with E-state index in [1.165, 1.54) is 12.1 Å². The van der Waals surface area contributed by atoms with E-state index in [4.69, 9.17) is 0 Å². The van der Waals surface area contributed by atoms with E-state index in [0.717, 1.165) is 20.7 Å². The first-order valence-electron chi connectivity index (χ1n) is 5.22. The van der Waals surface area contributed by atoms with Crippen LogP contribution in [0.4, 0.5) is 8.78 Å². The van der Waals surface area contributed by atoms with Crippen molar-refractivity contribution in [3.63, 3.8) is 0 Å². The molecule has 0 atom stereocenters. The highest BCUT2D eigenvalue weighted by Crippen LogP contribution is 2.25. The van der Waals surface area contributed by atoms with Crippen LogP contribution in [0.2, 0.25) is 0 Å². The van der Waals surface area contributed by atoms with Gasteiger partial charge < -0.3 is 4.98 Å². The molecule has 0 bridgehead atoms. The van der Waals surface area contributed by atoms with E-state index in [1.807, 2.05) is 12.3 Å². The van der Waals surface area contributed by atoms with Crippen molar-refractivity contribution in [3.8, 4) is 11.1 Å². The molecule has 18 heavy (non-hydrogen) atoms. The predicted octanol–water partition coefficient (Wildman–Crippen LogP) is 4.11. The van der Waals surface area contributed by atoms with Crippen LogP contribution >= 0.6 is 22.6 Å². The minimum absolute atomic E-state index is 0.478. The van der Waals surface area contributed by atoms with Crippen LogP contribution in [0, 0.1) is 15.2 Å². The molecule has 1 N–H and O–H groups in total. The number of aromatic nitrogens is 2. The number of fused-ring (bicyclic) bond motifs is 1. The van der Waals surface area contributed by atoms with Crippen molar-refractivity contribution in [3.05, 3.63) is 51.9 Å². The second-order valence-electron chi connectivity index (χ2n) is 3.91. The van der Waals surface area contributed by atoms with Crippen LogP contribution in [0.5, 0.6) is 0 Å². The molecule has 0 aliphatic heterocycles. The fourth-order valence-electron chi connectivity index (χ4n) is 1.85. The van der Waals surface area contributed by atoms with Gasteiger partial charge in [-0.15, -0.1) is 0 Å². The summed E-state index contributed by atoms with van der Waals surface area (Å²) < 4.78 is 27.3. The lowest BCUT2D eigenvalue weighted by Crippen LogP contribution is -1.86. The fraction of sp³-hybridized carbons (Fsp3) is 0. The highest BCUT2D eigenvalue weighted by Gasteiger charge is 2.07. The van der Waals surface area contributed by atoms with Gasteiger partial charge in [0, 0.05) is 24.0 Å². The molecule has 1 aromatic carbocycles. The maximum atomic E-state index is 13.2. The van der Waals surface area contributed by atoms with Gasteiger partial charge in [0.1, 0.15) is 17.2 Å². The van der Waals surface area contributed by atoms with Gasteiger partial charge in [0.25, 0.3) is 0 Å². The highest BCUT2D eigenvalue weighted by molar-refractivity contribution is 14.1. The van der Waals surface area contributed by atoms with Crippen molar-refractivity contribution in [2.24, 2.45) is 0 Å². The summed E-state index contributed by atoms with van der Waals surface area (Å²) in [6.07, 6.45) is 3.46. The average Bonchev–Trinajstić information content (AvgIpc) is 2.69. The van der Waals surface area contributed by atoms with Gasteiger partial charge in [0.2, 0.25) is 0 Å². The minimum atomic E-state index is -0.592. The van der Waals surface area contributed by atoms with E-state index in [1.54, 1.807) is 6.20 Å². The molecule has 3 rings (SSSR count). The summed E-state index contributed by atoms with van der Waals surface area (Å²) in [5.74, 6) is -1.18. The van der Waals surface area contributed by atoms with E-state index in [-0.39, 0.29) is 0 Å². The molecule has 3 aromatic rings. The largest absolute Gasteiger partial charge is 0.359 e. The number of nitrogens with one attached hydrogen (secondary N) is 1. The van der Waals surface area contributed by atoms with Gasteiger partial charge in [-0.1, -0.05) is 0 Å². The van der Waals surface area contributed by atoms with Crippen molar-refractivity contribution in [2.75, 3.05) is 0 Å². The van der Waals surface area contributed by atoms with Crippen molar-refractivity contribution < 1.29 is 8.78 Å². The van der Waals surface area contributed by atoms with E-state index in [0.29, 0.717) is 11.1 Å². The van der Waals surface area contributed by atoms with E-state index < -0.39 is 11.6 Å². The van der Waals surface area contributed by atoms with Crippen LogP contribution in [0.1, 0.15) is 0 Å². The lowest BCUT2D eigenvalue weighted by Gasteiger charge is -2.02. The summed E-state index contributed by atoms with van der Waals surface area (Å²) >= 11 is 2.18. The molecule has 5 heteroatoms. The molecule has 2 heterocycles. The third kappa shape index (κ3) is 1.98. The Balaban J connectivity index is 2.18. The van der Waals surface area contributed by atoms with Crippen molar-refractivity contribution in [2.45, 2.75) is 0 Å². The SMILES string of the molecule is Fc1cc(F)cc(-c2cnc3c(I)c[nH]c3c2)c1.